The third-order valence-electron chi connectivity index (χ3n) is 0.814. The molecule has 0 aliphatic carbocycles. The van der Waals surface area contributed by atoms with Gasteiger partial charge in [0, 0.05) is 0 Å². The quantitative estimate of drug-likeness (QED) is 0.375. The number of halogens is 9. The molecule has 14 heavy (non-hydrogen) atoms. The first kappa shape index (κ1) is 13.0. The number of rotatable bonds is 1. The minimum atomic E-state index is -6.37. The molecule has 0 aliphatic rings. The molecule has 0 unspecified atom stereocenters. The molecule has 0 spiro atoms. The largest absolute Gasteiger partial charge is 0.477 e. The zero-order valence-electron chi connectivity index (χ0n) is 5.85. The number of hydrogen-bond acceptors (Lipinski definition) is 1. The van der Waals surface area contributed by atoms with E-state index in [1.807, 2.05) is 0 Å². The molecule has 84 valence electrons. The standard InChI is InChI=1S/C4F9N/c5-1(2(6,7)8)14-4(12,13)3(9,10)11/b14-1-. The van der Waals surface area contributed by atoms with E-state index >= 15 is 0 Å². The van der Waals surface area contributed by atoms with Crippen molar-refractivity contribution in [3.8, 4) is 0 Å². The lowest BCUT2D eigenvalue weighted by molar-refractivity contribution is -0.278. The Bertz CT molecular complexity index is 232. The van der Waals surface area contributed by atoms with Gasteiger partial charge in [0.15, 0.2) is 0 Å². The Hall–Kier alpha value is -0.960. The van der Waals surface area contributed by atoms with Crippen LogP contribution >= 0.6 is 0 Å². The highest BCUT2D eigenvalue weighted by molar-refractivity contribution is 5.80. The van der Waals surface area contributed by atoms with Crippen molar-refractivity contribution in [3.63, 3.8) is 0 Å². The molecule has 0 aromatic rings. The van der Waals surface area contributed by atoms with Gasteiger partial charge in [-0.2, -0.15) is 44.5 Å². The maximum Gasteiger partial charge on any atom is 0.477 e. The second-order valence-electron chi connectivity index (χ2n) is 1.94. The minimum Gasteiger partial charge on any atom is -0.180 e. The maximum atomic E-state index is 11.7. The van der Waals surface area contributed by atoms with E-state index in [0.29, 0.717) is 4.99 Å². The summed E-state index contributed by atoms with van der Waals surface area (Å²) in [5, 5.41) is 0. The smallest absolute Gasteiger partial charge is 0.180 e. The van der Waals surface area contributed by atoms with Crippen LogP contribution in [0.5, 0.6) is 0 Å². The second kappa shape index (κ2) is 3.31. The van der Waals surface area contributed by atoms with Crippen LogP contribution in [0.3, 0.4) is 0 Å². The average molecular weight is 233 g/mol. The average Bonchev–Trinajstić information content (AvgIpc) is 1.80. The fraction of sp³-hybridized carbons (Fsp3) is 0.750. The van der Waals surface area contributed by atoms with Gasteiger partial charge in [-0.1, -0.05) is 0 Å². The van der Waals surface area contributed by atoms with Crippen LogP contribution in [-0.4, -0.2) is 24.4 Å². The highest BCUT2D eigenvalue weighted by Gasteiger charge is 2.59. The fourth-order valence-corrected chi connectivity index (χ4v) is 0.250. The third-order valence-corrected chi connectivity index (χ3v) is 0.814. The van der Waals surface area contributed by atoms with Crippen molar-refractivity contribution in [2.45, 2.75) is 18.4 Å². The summed E-state index contributed by atoms with van der Waals surface area (Å²) < 4.78 is 102. The van der Waals surface area contributed by atoms with Crippen LogP contribution in [0.1, 0.15) is 0 Å². The van der Waals surface area contributed by atoms with Crippen LogP contribution in [0, 0.1) is 0 Å². The van der Waals surface area contributed by atoms with Crippen LogP contribution in [0.15, 0.2) is 4.99 Å². The molecule has 1 nitrogen and oxygen atoms in total. The molecule has 0 saturated carbocycles. The summed E-state index contributed by atoms with van der Waals surface area (Å²) >= 11 is 0. The predicted octanol–water partition coefficient (Wildman–Crippen LogP) is 3.07. The van der Waals surface area contributed by atoms with Crippen LogP contribution in [0.4, 0.5) is 39.5 Å². The molecule has 0 heterocycles. The van der Waals surface area contributed by atoms with Gasteiger partial charge in [0.1, 0.15) is 0 Å². The van der Waals surface area contributed by atoms with Crippen LogP contribution in [0.25, 0.3) is 0 Å². The molecule has 0 radical (unpaired) electrons. The summed E-state index contributed by atoms with van der Waals surface area (Å²) in [6, 6.07) is -6.09. The first-order valence-electron chi connectivity index (χ1n) is 2.65. The SMILES string of the molecule is F/C(=N\C(F)(F)C(F)(F)F)C(F)(F)F. The van der Waals surface area contributed by atoms with Gasteiger partial charge in [-0.15, -0.1) is 0 Å². The van der Waals surface area contributed by atoms with Crippen molar-refractivity contribution in [3.05, 3.63) is 0 Å². The molecule has 0 saturated heterocycles. The molecular weight excluding hydrogens is 233 g/mol. The highest BCUT2D eigenvalue weighted by atomic mass is 19.4. The van der Waals surface area contributed by atoms with E-state index in [4.69, 9.17) is 0 Å². The van der Waals surface area contributed by atoms with E-state index in [-0.39, 0.29) is 0 Å². The molecule has 0 N–H and O–H groups in total. The number of hydrogen-bond donors (Lipinski definition) is 0. The first-order chi connectivity index (χ1) is 5.88. The lowest BCUT2D eigenvalue weighted by atomic mass is 10.5. The van der Waals surface area contributed by atoms with Gasteiger partial charge in [-0.25, -0.2) is 0 Å². The first-order valence-corrected chi connectivity index (χ1v) is 2.65. The fourth-order valence-electron chi connectivity index (χ4n) is 0.250. The molecule has 0 bridgehead atoms. The van der Waals surface area contributed by atoms with E-state index in [2.05, 4.69) is 0 Å². The van der Waals surface area contributed by atoms with Gasteiger partial charge in [-0.3, -0.25) is 0 Å². The molecule has 0 amide bonds. The summed E-state index contributed by atoms with van der Waals surface area (Å²) in [7, 11) is 0. The summed E-state index contributed by atoms with van der Waals surface area (Å²) in [4.78, 5) is 0.618. The Kier molecular flexibility index (Phi) is 3.09. The lowest BCUT2D eigenvalue weighted by Gasteiger charge is -2.15. The van der Waals surface area contributed by atoms with Gasteiger partial charge in [0.2, 0.25) is 0 Å². The molecule has 0 aliphatic heterocycles. The van der Waals surface area contributed by atoms with E-state index in [1.54, 1.807) is 0 Å². The molecule has 0 aromatic heterocycles. The van der Waals surface area contributed by atoms with Gasteiger partial charge >= 0.3 is 18.4 Å². The normalized spacial score (nSPS) is 15.9. The molecular formula is C4F9N. The summed E-state index contributed by atoms with van der Waals surface area (Å²) in [6.07, 6.45) is -12.3. The van der Waals surface area contributed by atoms with Crippen molar-refractivity contribution in [2.24, 2.45) is 4.99 Å². The topological polar surface area (TPSA) is 12.4 Å². The van der Waals surface area contributed by atoms with Crippen LogP contribution in [-0.2, 0) is 0 Å². The van der Waals surface area contributed by atoms with E-state index in [9.17, 15) is 39.5 Å². The third kappa shape index (κ3) is 3.07. The number of nitrogens with zero attached hydrogens (tertiary/aromatic N) is 1. The minimum absolute atomic E-state index is 0.618. The maximum absolute atomic E-state index is 11.7. The second-order valence-corrected chi connectivity index (χ2v) is 1.94. The summed E-state index contributed by atoms with van der Waals surface area (Å²) in [5.41, 5.74) is 0. The van der Waals surface area contributed by atoms with Crippen molar-refractivity contribution in [1.82, 2.24) is 0 Å². The molecule has 0 aromatic carbocycles. The van der Waals surface area contributed by atoms with E-state index in [1.165, 1.54) is 0 Å². The molecule has 0 fully saturated rings. The van der Waals surface area contributed by atoms with Crippen molar-refractivity contribution in [2.75, 3.05) is 0 Å². The number of alkyl halides is 8. The Morgan fingerprint density at radius 3 is 1.36 bits per heavy atom. The monoisotopic (exact) mass is 233 g/mol. The zero-order valence-corrected chi connectivity index (χ0v) is 5.85. The summed E-state index contributed by atoms with van der Waals surface area (Å²) in [6.45, 7) is 0. The molecule has 0 rings (SSSR count). The number of aliphatic imine (C=N–C) groups is 1. The van der Waals surface area contributed by atoms with Gasteiger partial charge in [0.05, 0.1) is 0 Å². The Balaban J connectivity index is 5.00. The van der Waals surface area contributed by atoms with Gasteiger partial charge in [0.25, 0.3) is 5.97 Å². The highest BCUT2D eigenvalue weighted by Crippen LogP contribution is 2.37. The van der Waals surface area contributed by atoms with E-state index < -0.39 is 24.4 Å². The molecule has 0 atom stereocenters. The predicted molar refractivity (Wildman–Crippen MR) is 25.6 cm³/mol. The van der Waals surface area contributed by atoms with Gasteiger partial charge < -0.3 is 0 Å². The Morgan fingerprint density at radius 1 is 0.786 bits per heavy atom. The zero-order chi connectivity index (χ0) is 11.8. The Labute approximate surface area is 70.2 Å². The summed E-state index contributed by atoms with van der Waals surface area (Å²) in [5.74, 6) is -3.74. The van der Waals surface area contributed by atoms with Crippen molar-refractivity contribution >= 4 is 5.97 Å². The molecule has 10 heteroatoms. The van der Waals surface area contributed by atoms with Crippen molar-refractivity contribution in [1.29, 1.82) is 0 Å². The van der Waals surface area contributed by atoms with Gasteiger partial charge in [-0.05, 0) is 0 Å². The van der Waals surface area contributed by atoms with E-state index in [0.717, 1.165) is 0 Å². The van der Waals surface area contributed by atoms with Crippen LogP contribution in [0.2, 0.25) is 0 Å². The van der Waals surface area contributed by atoms with Crippen molar-refractivity contribution < 1.29 is 39.5 Å². The lowest BCUT2D eigenvalue weighted by Crippen LogP contribution is -2.36. The Morgan fingerprint density at radius 2 is 1.14 bits per heavy atom. The van der Waals surface area contributed by atoms with Crippen LogP contribution < -0.4 is 0 Å².